The van der Waals surface area contributed by atoms with Crippen molar-refractivity contribution in [3.63, 3.8) is 0 Å². The van der Waals surface area contributed by atoms with E-state index in [2.05, 4.69) is 10.00 Å². The van der Waals surface area contributed by atoms with Crippen molar-refractivity contribution < 1.29 is 14.6 Å². The molecule has 6 nitrogen and oxygen atoms in total. The van der Waals surface area contributed by atoms with Crippen molar-refractivity contribution in [2.45, 2.75) is 19.2 Å². The van der Waals surface area contributed by atoms with E-state index in [1.165, 1.54) is 0 Å². The lowest BCUT2D eigenvalue weighted by molar-refractivity contribution is 0.0744. The van der Waals surface area contributed by atoms with Crippen LogP contribution in [-0.2, 0) is 13.1 Å². The second-order valence-electron chi connectivity index (χ2n) is 6.74. The lowest BCUT2D eigenvalue weighted by Crippen LogP contribution is -2.32. The molecular weight excluding hydrogens is 354 g/mol. The fourth-order valence-electron chi connectivity index (χ4n) is 2.88. The highest BCUT2D eigenvalue weighted by atomic mass is 16.5. The van der Waals surface area contributed by atoms with E-state index in [1.54, 1.807) is 6.20 Å². The molecule has 2 aromatic carbocycles. The van der Waals surface area contributed by atoms with Crippen LogP contribution < -0.4 is 9.47 Å². The molecule has 148 valence electrons. The summed E-state index contributed by atoms with van der Waals surface area (Å²) in [5.74, 6) is 1.61. The molecule has 0 aliphatic rings. The van der Waals surface area contributed by atoms with Gasteiger partial charge in [-0.2, -0.15) is 5.10 Å². The average Bonchev–Trinajstić information content (AvgIpc) is 3.22. The van der Waals surface area contributed by atoms with E-state index >= 15 is 0 Å². The zero-order chi connectivity index (χ0) is 19.6. The van der Waals surface area contributed by atoms with Gasteiger partial charge in [0, 0.05) is 25.5 Å². The molecule has 6 heteroatoms. The quantitative estimate of drug-likeness (QED) is 0.553. The first-order valence-corrected chi connectivity index (χ1v) is 9.42. The first kappa shape index (κ1) is 19.9. The van der Waals surface area contributed by atoms with Gasteiger partial charge in [0.2, 0.25) is 0 Å². The zero-order valence-corrected chi connectivity index (χ0v) is 16.1. The van der Waals surface area contributed by atoms with Crippen LogP contribution in [0.3, 0.4) is 0 Å². The molecular formula is C22H27N3O3. The van der Waals surface area contributed by atoms with E-state index in [1.807, 2.05) is 78.6 Å². The van der Waals surface area contributed by atoms with Crippen LogP contribution in [0.2, 0.25) is 0 Å². The number of nitrogens with zero attached hydrogens (tertiary/aromatic N) is 3. The summed E-state index contributed by atoms with van der Waals surface area (Å²) in [7, 11) is 1.99. The fourth-order valence-corrected chi connectivity index (χ4v) is 2.88. The topological polar surface area (TPSA) is 59.8 Å². The SMILES string of the molecule is CN(Cc1ccc(OCCn2cccn2)cc1)CC(O)COc1ccccc1. The number of likely N-dealkylation sites (N-methyl/N-ethyl adjacent to an activating group) is 1. The van der Waals surface area contributed by atoms with Crippen molar-refractivity contribution >= 4 is 0 Å². The highest BCUT2D eigenvalue weighted by molar-refractivity contribution is 5.27. The van der Waals surface area contributed by atoms with E-state index in [0.29, 0.717) is 13.2 Å². The average molecular weight is 381 g/mol. The van der Waals surface area contributed by atoms with Gasteiger partial charge in [0.15, 0.2) is 0 Å². The molecule has 0 fully saturated rings. The molecule has 0 aliphatic heterocycles. The minimum atomic E-state index is -0.546. The van der Waals surface area contributed by atoms with Crippen molar-refractivity contribution in [1.29, 1.82) is 0 Å². The summed E-state index contributed by atoms with van der Waals surface area (Å²) in [5, 5.41) is 14.3. The molecule has 3 rings (SSSR count). The summed E-state index contributed by atoms with van der Waals surface area (Å²) in [4.78, 5) is 2.08. The summed E-state index contributed by atoms with van der Waals surface area (Å²) in [6.07, 6.45) is 3.13. The molecule has 1 atom stereocenters. The van der Waals surface area contributed by atoms with Crippen LogP contribution in [0.4, 0.5) is 0 Å². The Morgan fingerprint density at radius 3 is 2.46 bits per heavy atom. The molecule has 1 aromatic heterocycles. The van der Waals surface area contributed by atoms with E-state index in [-0.39, 0.29) is 6.61 Å². The van der Waals surface area contributed by atoms with Crippen molar-refractivity contribution in [2.24, 2.45) is 0 Å². The number of hydrogen-bond donors (Lipinski definition) is 1. The molecule has 0 spiro atoms. The maximum atomic E-state index is 10.2. The van der Waals surface area contributed by atoms with Gasteiger partial charge in [-0.1, -0.05) is 30.3 Å². The number of aliphatic hydroxyl groups is 1. The van der Waals surface area contributed by atoms with Crippen molar-refractivity contribution in [3.05, 3.63) is 78.6 Å². The lowest BCUT2D eigenvalue weighted by Gasteiger charge is -2.21. The smallest absolute Gasteiger partial charge is 0.119 e. The maximum absolute atomic E-state index is 10.2. The van der Waals surface area contributed by atoms with Gasteiger partial charge in [-0.15, -0.1) is 0 Å². The first-order valence-electron chi connectivity index (χ1n) is 9.42. The summed E-state index contributed by atoms with van der Waals surface area (Å²) in [5.41, 5.74) is 1.16. The summed E-state index contributed by atoms with van der Waals surface area (Å²) < 4.78 is 13.2. The number of para-hydroxylation sites is 1. The molecule has 28 heavy (non-hydrogen) atoms. The van der Waals surface area contributed by atoms with Gasteiger partial charge in [-0.25, -0.2) is 0 Å². The molecule has 1 heterocycles. The summed E-state index contributed by atoms with van der Waals surface area (Å²) in [6.45, 7) is 2.86. The summed E-state index contributed by atoms with van der Waals surface area (Å²) in [6, 6.07) is 19.5. The largest absolute Gasteiger partial charge is 0.492 e. The van der Waals surface area contributed by atoms with Gasteiger partial charge in [-0.05, 0) is 42.9 Å². The van der Waals surface area contributed by atoms with Crippen LogP contribution in [0.15, 0.2) is 73.1 Å². The van der Waals surface area contributed by atoms with Gasteiger partial charge in [0.25, 0.3) is 0 Å². The number of benzene rings is 2. The minimum absolute atomic E-state index is 0.275. The molecule has 1 unspecified atom stereocenters. The highest BCUT2D eigenvalue weighted by Gasteiger charge is 2.10. The molecule has 0 saturated heterocycles. The van der Waals surface area contributed by atoms with Gasteiger partial charge in [0.05, 0.1) is 6.54 Å². The molecule has 0 saturated carbocycles. The molecule has 0 amide bonds. The highest BCUT2D eigenvalue weighted by Crippen LogP contribution is 2.14. The van der Waals surface area contributed by atoms with Crippen LogP contribution in [0.5, 0.6) is 11.5 Å². The third kappa shape index (κ3) is 6.72. The zero-order valence-electron chi connectivity index (χ0n) is 16.1. The Bertz CT molecular complexity index is 792. The first-order chi connectivity index (χ1) is 13.7. The molecule has 0 radical (unpaired) electrons. The van der Waals surface area contributed by atoms with Crippen LogP contribution in [0, 0.1) is 0 Å². The third-order valence-corrected chi connectivity index (χ3v) is 4.23. The second kappa shape index (κ2) is 10.5. The monoisotopic (exact) mass is 381 g/mol. The Morgan fingerprint density at radius 1 is 1.00 bits per heavy atom. The fraction of sp³-hybridized carbons (Fsp3) is 0.318. The van der Waals surface area contributed by atoms with Crippen LogP contribution in [0.25, 0.3) is 0 Å². The van der Waals surface area contributed by atoms with Gasteiger partial charge >= 0.3 is 0 Å². The Balaban J connectivity index is 1.36. The van der Waals surface area contributed by atoms with Gasteiger partial charge in [-0.3, -0.25) is 9.58 Å². The number of aromatic nitrogens is 2. The molecule has 0 aliphatic carbocycles. The van der Waals surface area contributed by atoms with Crippen LogP contribution >= 0.6 is 0 Å². The standard InChI is InChI=1S/C22H27N3O3/c1-24(17-20(26)18-28-21-6-3-2-4-7-21)16-19-8-10-22(11-9-19)27-15-14-25-13-5-12-23-25/h2-13,20,26H,14-18H2,1H3. The number of aliphatic hydroxyl groups excluding tert-OH is 1. The van der Waals surface area contributed by atoms with Gasteiger partial charge in [0.1, 0.15) is 30.8 Å². The molecule has 0 bridgehead atoms. The lowest BCUT2D eigenvalue weighted by atomic mass is 10.2. The Hall–Kier alpha value is -2.83. The Labute approximate surface area is 165 Å². The summed E-state index contributed by atoms with van der Waals surface area (Å²) >= 11 is 0. The van der Waals surface area contributed by atoms with E-state index in [4.69, 9.17) is 9.47 Å². The van der Waals surface area contributed by atoms with Crippen LogP contribution in [-0.4, -0.2) is 52.7 Å². The Morgan fingerprint density at radius 2 is 1.75 bits per heavy atom. The Kier molecular flexibility index (Phi) is 7.46. The van der Waals surface area contributed by atoms with E-state index in [0.717, 1.165) is 30.2 Å². The van der Waals surface area contributed by atoms with E-state index < -0.39 is 6.10 Å². The molecule has 1 N–H and O–H groups in total. The third-order valence-electron chi connectivity index (χ3n) is 4.23. The van der Waals surface area contributed by atoms with Crippen molar-refractivity contribution in [2.75, 3.05) is 26.8 Å². The predicted octanol–water partition coefficient (Wildman–Crippen LogP) is 2.83. The van der Waals surface area contributed by atoms with Gasteiger partial charge < -0.3 is 14.6 Å². The number of ether oxygens (including phenoxy) is 2. The van der Waals surface area contributed by atoms with Crippen LogP contribution in [0.1, 0.15) is 5.56 Å². The number of hydrogen-bond acceptors (Lipinski definition) is 5. The maximum Gasteiger partial charge on any atom is 0.119 e. The predicted molar refractivity (Wildman–Crippen MR) is 108 cm³/mol. The minimum Gasteiger partial charge on any atom is -0.492 e. The second-order valence-corrected chi connectivity index (χ2v) is 6.74. The normalized spacial score (nSPS) is 12.1. The van der Waals surface area contributed by atoms with Crippen molar-refractivity contribution in [1.82, 2.24) is 14.7 Å². The van der Waals surface area contributed by atoms with E-state index in [9.17, 15) is 5.11 Å². The number of rotatable bonds is 11. The van der Waals surface area contributed by atoms with Crippen molar-refractivity contribution in [3.8, 4) is 11.5 Å². The molecule has 3 aromatic rings.